The maximum atomic E-state index is 12.1. The van der Waals surface area contributed by atoms with E-state index in [-0.39, 0.29) is 11.5 Å². The van der Waals surface area contributed by atoms with E-state index in [0.29, 0.717) is 27.8 Å². The Labute approximate surface area is 167 Å². The van der Waals surface area contributed by atoms with Crippen LogP contribution in [0.3, 0.4) is 0 Å². The van der Waals surface area contributed by atoms with Crippen LogP contribution < -0.4 is 5.32 Å². The van der Waals surface area contributed by atoms with Gasteiger partial charge < -0.3 is 14.8 Å². The first-order valence-corrected chi connectivity index (χ1v) is 8.90. The standard InChI is InChI=1S/C22H18ClNO4/c1-13-3-4-15(12-18(13)23)20-9-6-17(28-20)7-10-21(25)24-19-8-5-16(22(26)27)11-14(19)2/h3-12H,1-2H3,(H,24,25)(H,26,27)/b10-7+. The quantitative estimate of drug-likeness (QED) is 0.553. The summed E-state index contributed by atoms with van der Waals surface area (Å²) >= 11 is 6.15. The molecule has 0 spiro atoms. The predicted octanol–water partition coefficient (Wildman–Crippen LogP) is 5.57. The first kappa shape index (κ1) is 19.5. The number of anilines is 1. The molecule has 0 aliphatic heterocycles. The van der Waals surface area contributed by atoms with Gasteiger partial charge in [0.05, 0.1) is 5.56 Å². The lowest BCUT2D eigenvalue weighted by molar-refractivity contribution is -0.111. The summed E-state index contributed by atoms with van der Waals surface area (Å²) < 4.78 is 5.74. The Morgan fingerprint density at radius 1 is 1.04 bits per heavy atom. The van der Waals surface area contributed by atoms with Crippen LogP contribution in [0.1, 0.15) is 27.2 Å². The molecule has 3 rings (SSSR count). The summed E-state index contributed by atoms with van der Waals surface area (Å²) in [6.45, 7) is 3.66. The molecule has 0 saturated heterocycles. The van der Waals surface area contributed by atoms with E-state index in [1.807, 2.05) is 31.2 Å². The lowest BCUT2D eigenvalue weighted by atomic mass is 10.1. The molecule has 2 aromatic carbocycles. The molecule has 0 aliphatic carbocycles. The van der Waals surface area contributed by atoms with E-state index >= 15 is 0 Å². The van der Waals surface area contributed by atoms with Crippen LogP contribution in [-0.4, -0.2) is 17.0 Å². The zero-order valence-electron chi connectivity index (χ0n) is 15.3. The van der Waals surface area contributed by atoms with Gasteiger partial charge in [0.25, 0.3) is 0 Å². The van der Waals surface area contributed by atoms with Crippen LogP contribution in [0, 0.1) is 13.8 Å². The van der Waals surface area contributed by atoms with E-state index < -0.39 is 5.97 Å². The molecular formula is C22H18ClNO4. The highest BCUT2D eigenvalue weighted by atomic mass is 35.5. The third-order valence-corrected chi connectivity index (χ3v) is 4.62. The molecule has 5 nitrogen and oxygen atoms in total. The van der Waals surface area contributed by atoms with Gasteiger partial charge in [-0.15, -0.1) is 0 Å². The number of carboxylic acids is 1. The van der Waals surface area contributed by atoms with Crippen LogP contribution >= 0.6 is 11.6 Å². The molecule has 6 heteroatoms. The van der Waals surface area contributed by atoms with Crippen LogP contribution in [0.5, 0.6) is 0 Å². The number of benzene rings is 2. The second kappa shape index (κ2) is 8.15. The number of carbonyl (C=O) groups is 2. The number of halogens is 1. The van der Waals surface area contributed by atoms with Crippen molar-refractivity contribution in [1.29, 1.82) is 0 Å². The van der Waals surface area contributed by atoms with Crippen LogP contribution in [-0.2, 0) is 4.79 Å². The number of amides is 1. The van der Waals surface area contributed by atoms with Crippen molar-refractivity contribution in [2.24, 2.45) is 0 Å². The number of carboxylic acid groups (broad SMARTS) is 1. The summed E-state index contributed by atoms with van der Waals surface area (Å²) in [5.74, 6) is -0.172. The molecular weight excluding hydrogens is 378 g/mol. The van der Waals surface area contributed by atoms with Crippen LogP contribution in [0.15, 0.2) is 59.0 Å². The molecule has 0 bridgehead atoms. The summed E-state index contributed by atoms with van der Waals surface area (Å²) in [6, 6.07) is 13.8. The molecule has 0 saturated carbocycles. The van der Waals surface area contributed by atoms with E-state index in [9.17, 15) is 9.59 Å². The molecule has 28 heavy (non-hydrogen) atoms. The van der Waals surface area contributed by atoms with E-state index in [1.54, 1.807) is 25.1 Å². The van der Waals surface area contributed by atoms with Crippen molar-refractivity contribution < 1.29 is 19.1 Å². The number of nitrogens with one attached hydrogen (secondary N) is 1. The van der Waals surface area contributed by atoms with Gasteiger partial charge in [-0.05, 0) is 67.4 Å². The van der Waals surface area contributed by atoms with Gasteiger partial charge in [-0.3, -0.25) is 4.79 Å². The number of hydrogen-bond donors (Lipinski definition) is 2. The summed E-state index contributed by atoms with van der Waals surface area (Å²) in [6.07, 6.45) is 2.92. The average molecular weight is 396 g/mol. The molecule has 3 aromatic rings. The van der Waals surface area contributed by atoms with E-state index in [4.69, 9.17) is 21.1 Å². The second-order valence-electron chi connectivity index (χ2n) is 6.32. The zero-order valence-corrected chi connectivity index (χ0v) is 16.1. The van der Waals surface area contributed by atoms with Crippen LogP contribution in [0.25, 0.3) is 17.4 Å². The van der Waals surface area contributed by atoms with Crippen molar-refractivity contribution in [3.63, 3.8) is 0 Å². The summed E-state index contributed by atoms with van der Waals surface area (Å²) in [5.41, 5.74) is 3.23. The van der Waals surface area contributed by atoms with Gasteiger partial charge in [-0.2, -0.15) is 0 Å². The third-order valence-electron chi connectivity index (χ3n) is 4.21. The van der Waals surface area contributed by atoms with E-state index in [2.05, 4.69) is 5.32 Å². The predicted molar refractivity (Wildman–Crippen MR) is 110 cm³/mol. The highest BCUT2D eigenvalue weighted by Gasteiger charge is 2.08. The van der Waals surface area contributed by atoms with Gasteiger partial charge in [0.15, 0.2) is 0 Å². The van der Waals surface area contributed by atoms with Gasteiger partial charge in [0.1, 0.15) is 11.5 Å². The average Bonchev–Trinajstić information content (AvgIpc) is 3.13. The lowest BCUT2D eigenvalue weighted by Gasteiger charge is -2.07. The van der Waals surface area contributed by atoms with Gasteiger partial charge in [0.2, 0.25) is 5.91 Å². The number of hydrogen-bond acceptors (Lipinski definition) is 3. The number of furan rings is 1. The smallest absolute Gasteiger partial charge is 0.335 e. The third kappa shape index (κ3) is 4.50. The van der Waals surface area contributed by atoms with Gasteiger partial charge >= 0.3 is 5.97 Å². The Morgan fingerprint density at radius 3 is 2.50 bits per heavy atom. The maximum Gasteiger partial charge on any atom is 0.335 e. The van der Waals surface area contributed by atoms with Crippen molar-refractivity contribution in [1.82, 2.24) is 0 Å². The Bertz CT molecular complexity index is 1080. The summed E-state index contributed by atoms with van der Waals surface area (Å²) in [5, 5.41) is 12.4. The van der Waals surface area contributed by atoms with Crippen molar-refractivity contribution in [3.8, 4) is 11.3 Å². The largest absolute Gasteiger partial charge is 0.478 e. The lowest BCUT2D eigenvalue weighted by Crippen LogP contribution is -2.09. The minimum absolute atomic E-state index is 0.172. The Kier molecular flexibility index (Phi) is 5.66. The number of aromatic carboxylic acids is 1. The molecule has 0 atom stereocenters. The maximum absolute atomic E-state index is 12.1. The molecule has 0 aliphatic rings. The second-order valence-corrected chi connectivity index (χ2v) is 6.73. The number of aryl methyl sites for hydroxylation is 2. The van der Waals surface area contributed by atoms with E-state index in [1.165, 1.54) is 18.2 Å². The van der Waals surface area contributed by atoms with E-state index in [0.717, 1.165) is 11.1 Å². The summed E-state index contributed by atoms with van der Waals surface area (Å²) in [7, 11) is 0. The van der Waals surface area contributed by atoms with Gasteiger partial charge in [-0.25, -0.2) is 4.79 Å². The van der Waals surface area contributed by atoms with Crippen molar-refractivity contribution in [2.75, 3.05) is 5.32 Å². The monoisotopic (exact) mass is 395 g/mol. The van der Waals surface area contributed by atoms with Gasteiger partial charge in [0, 0.05) is 22.3 Å². The first-order valence-electron chi connectivity index (χ1n) is 8.53. The van der Waals surface area contributed by atoms with Crippen molar-refractivity contribution in [3.05, 3.63) is 82.1 Å². The van der Waals surface area contributed by atoms with Gasteiger partial charge in [-0.1, -0.05) is 23.7 Å². The molecule has 142 valence electrons. The summed E-state index contributed by atoms with van der Waals surface area (Å²) in [4.78, 5) is 23.1. The van der Waals surface area contributed by atoms with Crippen LogP contribution in [0.4, 0.5) is 5.69 Å². The number of carbonyl (C=O) groups excluding carboxylic acids is 1. The highest BCUT2D eigenvalue weighted by Crippen LogP contribution is 2.27. The molecule has 2 N–H and O–H groups in total. The fourth-order valence-corrected chi connectivity index (χ4v) is 2.79. The fourth-order valence-electron chi connectivity index (χ4n) is 2.61. The topological polar surface area (TPSA) is 79.5 Å². The fraction of sp³-hybridized carbons (Fsp3) is 0.0909. The Hall–Kier alpha value is -3.31. The molecule has 1 heterocycles. The molecule has 0 unspecified atom stereocenters. The van der Waals surface area contributed by atoms with Crippen molar-refractivity contribution >= 4 is 35.2 Å². The SMILES string of the molecule is Cc1ccc(-c2ccc(/C=C/C(=O)Nc3ccc(C(=O)O)cc3C)o2)cc1Cl. The number of rotatable bonds is 5. The minimum atomic E-state index is -1.01. The highest BCUT2D eigenvalue weighted by molar-refractivity contribution is 6.31. The minimum Gasteiger partial charge on any atom is -0.478 e. The normalized spacial score (nSPS) is 11.0. The van der Waals surface area contributed by atoms with Crippen molar-refractivity contribution in [2.45, 2.75) is 13.8 Å². The Morgan fingerprint density at radius 2 is 1.82 bits per heavy atom. The van der Waals surface area contributed by atoms with Crippen LogP contribution in [0.2, 0.25) is 5.02 Å². The molecule has 1 aromatic heterocycles. The molecule has 0 fully saturated rings. The molecule has 0 radical (unpaired) electrons. The Balaban J connectivity index is 1.69. The zero-order chi connectivity index (χ0) is 20.3. The first-order chi connectivity index (χ1) is 13.3. The molecule has 1 amide bonds.